The fraction of sp³-hybridized carbons (Fsp3) is 0.636. The quantitative estimate of drug-likeness (QED) is 0.621. The van der Waals surface area contributed by atoms with Crippen LogP contribution in [-0.4, -0.2) is 32.0 Å². The lowest BCUT2D eigenvalue weighted by Gasteiger charge is -2.34. The highest BCUT2D eigenvalue weighted by molar-refractivity contribution is 5.54. The lowest BCUT2D eigenvalue weighted by atomic mass is 9.76. The second-order valence-corrected chi connectivity index (χ2v) is 9.57. The largest absolute Gasteiger partial charge is 0.433 e. The van der Waals surface area contributed by atoms with Crippen LogP contribution in [-0.2, 0) is 6.18 Å². The predicted octanol–water partition coefficient (Wildman–Crippen LogP) is 5.54. The molecule has 0 radical (unpaired) electrons. The van der Waals surface area contributed by atoms with Crippen molar-refractivity contribution in [2.24, 2.45) is 11.3 Å². The summed E-state index contributed by atoms with van der Waals surface area (Å²) in [7, 11) is 0. The summed E-state index contributed by atoms with van der Waals surface area (Å²) >= 11 is 0. The average molecular weight is 435 g/mol. The summed E-state index contributed by atoms with van der Waals surface area (Å²) in [4.78, 5) is 17.1. The first kappa shape index (κ1) is 21.8. The maximum absolute atomic E-state index is 13.1. The van der Waals surface area contributed by atoms with E-state index in [1.807, 2.05) is 0 Å². The van der Waals surface area contributed by atoms with Crippen molar-refractivity contribution in [3.8, 4) is 11.5 Å². The van der Waals surface area contributed by atoms with Crippen molar-refractivity contribution in [3.05, 3.63) is 23.9 Å². The number of rotatable bonds is 6. The van der Waals surface area contributed by atoms with Gasteiger partial charge in [-0.25, -0.2) is 4.98 Å². The third-order valence-electron chi connectivity index (χ3n) is 6.26. The second kappa shape index (κ2) is 8.24. The summed E-state index contributed by atoms with van der Waals surface area (Å²) in [6.07, 6.45) is 1.98. The van der Waals surface area contributed by atoms with Gasteiger partial charge in [-0.2, -0.15) is 28.1 Å². The van der Waals surface area contributed by atoms with Crippen LogP contribution in [0.15, 0.2) is 18.2 Å². The Morgan fingerprint density at radius 2 is 1.65 bits per heavy atom. The number of hydrogen-bond acceptors (Lipinski definition) is 6. The van der Waals surface area contributed by atoms with Crippen LogP contribution in [0, 0.1) is 11.3 Å². The van der Waals surface area contributed by atoms with Crippen LogP contribution in [0.2, 0.25) is 0 Å². The van der Waals surface area contributed by atoms with Crippen molar-refractivity contribution in [1.29, 1.82) is 0 Å². The number of hydrogen-bond donors (Lipinski definition) is 2. The minimum Gasteiger partial charge on any atom is -0.351 e. The Labute approximate surface area is 180 Å². The zero-order valence-corrected chi connectivity index (χ0v) is 18.1. The third-order valence-corrected chi connectivity index (χ3v) is 6.26. The number of anilines is 2. The Morgan fingerprint density at radius 3 is 2.29 bits per heavy atom. The Hall–Kier alpha value is -2.45. The smallest absolute Gasteiger partial charge is 0.351 e. The van der Waals surface area contributed by atoms with Gasteiger partial charge in [-0.05, 0) is 68.9 Å². The third kappa shape index (κ3) is 5.62. The molecule has 2 aromatic rings. The van der Waals surface area contributed by atoms with Crippen LogP contribution in [0.1, 0.15) is 65.0 Å². The zero-order chi connectivity index (χ0) is 22.2. The molecule has 2 heterocycles. The van der Waals surface area contributed by atoms with Gasteiger partial charge in [0, 0.05) is 12.1 Å². The van der Waals surface area contributed by atoms with E-state index < -0.39 is 11.9 Å². The molecule has 0 aliphatic heterocycles. The van der Waals surface area contributed by atoms with Crippen molar-refractivity contribution in [2.75, 3.05) is 10.6 Å². The molecule has 0 bridgehead atoms. The number of aromatic nitrogens is 4. The average Bonchev–Trinajstić information content (AvgIpc) is 3.54. The molecule has 2 aliphatic rings. The van der Waals surface area contributed by atoms with Gasteiger partial charge >= 0.3 is 6.18 Å². The van der Waals surface area contributed by atoms with Gasteiger partial charge in [0.05, 0.1) is 0 Å². The van der Waals surface area contributed by atoms with Gasteiger partial charge in [-0.3, -0.25) is 0 Å². The lowest BCUT2D eigenvalue weighted by Crippen LogP contribution is -2.31. The molecule has 0 unspecified atom stereocenters. The SMILES string of the molecule is C[C@@H](Nc1nc(NC2CCC(C)(C)CC2)nc(-c2cccc(C(F)(F)F)n2)n1)C1CC1. The highest BCUT2D eigenvalue weighted by Gasteiger charge is 2.33. The number of halogens is 3. The predicted molar refractivity (Wildman–Crippen MR) is 114 cm³/mol. The van der Waals surface area contributed by atoms with Crippen molar-refractivity contribution >= 4 is 11.9 Å². The number of nitrogens with zero attached hydrogens (tertiary/aromatic N) is 4. The van der Waals surface area contributed by atoms with E-state index in [0.29, 0.717) is 23.2 Å². The van der Waals surface area contributed by atoms with E-state index in [0.717, 1.165) is 44.6 Å². The van der Waals surface area contributed by atoms with Crippen LogP contribution in [0.3, 0.4) is 0 Å². The molecule has 2 aliphatic carbocycles. The normalized spacial score (nSPS) is 20.3. The molecule has 31 heavy (non-hydrogen) atoms. The molecule has 6 nitrogen and oxygen atoms in total. The summed E-state index contributed by atoms with van der Waals surface area (Å²) in [5, 5.41) is 6.68. The van der Waals surface area contributed by atoms with Gasteiger partial charge in [0.1, 0.15) is 11.4 Å². The fourth-order valence-electron chi connectivity index (χ4n) is 3.98. The maximum atomic E-state index is 13.1. The second-order valence-electron chi connectivity index (χ2n) is 9.57. The van der Waals surface area contributed by atoms with E-state index in [1.165, 1.54) is 12.1 Å². The van der Waals surface area contributed by atoms with Crippen LogP contribution < -0.4 is 10.6 Å². The summed E-state index contributed by atoms with van der Waals surface area (Å²) in [5.41, 5.74) is -0.556. The van der Waals surface area contributed by atoms with Crippen LogP contribution in [0.4, 0.5) is 25.1 Å². The molecule has 2 N–H and O–H groups in total. The van der Waals surface area contributed by atoms with Gasteiger partial charge in [0.15, 0.2) is 5.82 Å². The molecule has 2 fully saturated rings. The van der Waals surface area contributed by atoms with Crippen molar-refractivity contribution in [2.45, 2.75) is 77.6 Å². The highest BCUT2D eigenvalue weighted by Crippen LogP contribution is 2.36. The van der Waals surface area contributed by atoms with E-state index >= 15 is 0 Å². The standard InChI is InChI=1S/C22H29F3N6/c1-13(14-7-8-14)26-19-29-18(16-5-4-6-17(28-16)22(23,24)25)30-20(31-19)27-15-9-11-21(2,3)12-10-15/h4-6,13-15H,7-12H2,1-3H3,(H2,26,27,29,30,31)/t13-/m1/s1. The van der Waals surface area contributed by atoms with Crippen molar-refractivity contribution < 1.29 is 13.2 Å². The molecular weight excluding hydrogens is 405 g/mol. The van der Waals surface area contributed by atoms with Crippen molar-refractivity contribution in [1.82, 2.24) is 19.9 Å². The Morgan fingerprint density at radius 1 is 0.968 bits per heavy atom. The topological polar surface area (TPSA) is 75.6 Å². The van der Waals surface area contributed by atoms with E-state index in [1.54, 1.807) is 0 Å². The first-order chi connectivity index (χ1) is 14.6. The zero-order valence-electron chi connectivity index (χ0n) is 18.1. The molecular formula is C22H29F3N6. The molecule has 0 saturated heterocycles. The van der Waals surface area contributed by atoms with Crippen LogP contribution in [0.5, 0.6) is 0 Å². The van der Waals surface area contributed by atoms with Gasteiger partial charge in [0.25, 0.3) is 0 Å². The Bertz CT molecular complexity index is 916. The minimum absolute atomic E-state index is 0.0761. The summed E-state index contributed by atoms with van der Waals surface area (Å²) in [6.45, 7) is 6.61. The Balaban J connectivity index is 1.62. The number of alkyl halides is 3. The van der Waals surface area contributed by atoms with Gasteiger partial charge < -0.3 is 10.6 Å². The molecule has 2 aromatic heterocycles. The van der Waals surface area contributed by atoms with Crippen molar-refractivity contribution in [3.63, 3.8) is 0 Å². The molecule has 2 saturated carbocycles. The first-order valence-corrected chi connectivity index (χ1v) is 10.9. The van der Waals surface area contributed by atoms with E-state index in [-0.39, 0.29) is 23.6 Å². The summed E-state index contributed by atoms with van der Waals surface area (Å²) in [5.74, 6) is 1.44. The first-order valence-electron chi connectivity index (χ1n) is 10.9. The molecule has 0 aromatic carbocycles. The van der Waals surface area contributed by atoms with Gasteiger partial charge in [-0.15, -0.1) is 0 Å². The summed E-state index contributed by atoms with van der Waals surface area (Å²) in [6, 6.07) is 4.18. The molecule has 4 rings (SSSR count). The molecule has 9 heteroatoms. The molecule has 0 amide bonds. The highest BCUT2D eigenvalue weighted by atomic mass is 19.4. The molecule has 1 atom stereocenters. The molecule has 168 valence electrons. The number of pyridine rings is 1. The van der Waals surface area contributed by atoms with E-state index in [2.05, 4.69) is 51.3 Å². The minimum atomic E-state index is -4.53. The summed E-state index contributed by atoms with van der Waals surface area (Å²) < 4.78 is 39.4. The molecule has 0 spiro atoms. The Kier molecular flexibility index (Phi) is 5.79. The fourth-order valence-corrected chi connectivity index (χ4v) is 3.98. The monoisotopic (exact) mass is 434 g/mol. The van der Waals surface area contributed by atoms with E-state index in [4.69, 9.17) is 0 Å². The van der Waals surface area contributed by atoms with Gasteiger partial charge in [-0.1, -0.05) is 19.9 Å². The number of nitrogens with one attached hydrogen (secondary N) is 2. The van der Waals surface area contributed by atoms with Crippen LogP contribution in [0.25, 0.3) is 11.5 Å². The lowest BCUT2D eigenvalue weighted by molar-refractivity contribution is -0.141. The van der Waals surface area contributed by atoms with E-state index in [9.17, 15) is 13.2 Å². The van der Waals surface area contributed by atoms with Gasteiger partial charge in [0.2, 0.25) is 11.9 Å². The van der Waals surface area contributed by atoms with Crippen LogP contribution >= 0.6 is 0 Å². The maximum Gasteiger partial charge on any atom is 0.433 e.